The summed E-state index contributed by atoms with van der Waals surface area (Å²) in [4.78, 5) is 16.4. The number of aryl methyl sites for hydroxylation is 1. The summed E-state index contributed by atoms with van der Waals surface area (Å²) in [5, 5.41) is 7.77. The first kappa shape index (κ1) is 20.1. The highest BCUT2D eigenvalue weighted by molar-refractivity contribution is 5.76. The average molecular weight is 441 g/mol. The largest absolute Gasteiger partial charge is 0.373 e. The molecule has 4 aromatic rings. The molecule has 5 heterocycles. The first-order valence-electron chi connectivity index (χ1n) is 11.5. The fourth-order valence-electron chi connectivity index (χ4n) is 5.66. The molecule has 1 aliphatic carbocycles. The van der Waals surface area contributed by atoms with E-state index in [0.717, 1.165) is 66.5 Å². The molecule has 0 unspecified atom stereocenters. The second kappa shape index (κ2) is 7.52. The SMILES string of the molecule is CNc1cc(-c2c(C)nc(N3CCC4(CC3)Cc3ncccc3[C@H]4N)c3ccnn23)ccn1. The molecule has 1 atom stereocenters. The Hall–Kier alpha value is -3.52. The first-order valence-corrected chi connectivity index (χ1v) is 11.5. The van der Waals surface area contributed by atoms with E-state index in [1.165, 1.54) is 11.3 Å². The highest BCUT2D eigenvalue weighted by Crippen LogP contribution is 2.50. The second-order valence-electron chi connectivity index (χ2n) is 9.22. The van der Waals surface area contributed by atoms with Crippen molar-refractivity contribution in [3.05, 3.63) is 65.9 Å². The molecular weight excluding hydrogens is 412 g/mol. The van der Waals surface area contributed by atoms with Gasteiger partial charge in [0, 0.05) is 49.8 Å². The number of hydrogen-bond acceptors (Lipinski definition) is 7. The topological polar surface area (TPSA) is 97.3 Å². The molecule has 2 aliphatic rings. The fraction of sp³-hybridized carbons (Fsp3) is 0.360. The highest BCUT2D eigenvalue weighted by atomic mass is 15.3. The van der Waals surface area contributed by atoms with Crippen molar-refractivity contribution in [3.63, 3.8) is 0 Å². The van der Waals surface area contributed by atoms with Crippen LogP contribution in [0.1, 0.15) is 35.8 Å². The van der Waals surface area contributed by atoms with Crippen LogP contribution in [0.15, 0.2) is 48.9 Å². The molecule has 4 aromatic heterocycles. The van der Waals surface area contributed by atoms with Crippen molar-refractivity contribution in [1.82, 2.24) is 24.6 Å². The van der Waals surface area contributed by atoms with Crippen molar-refractivity contribution in [1.29, 1.82) is 0 Å². The summed E-state index contributed by atoms with van der Waals surface area (Å²) >= 11 is 0. The van der Waals surface area contributed by atoms with Crippen LogP contribution in [-0.2, 0) is 6.42 Å². The van der Waals surface area contributed by atoms with Crippen LogP contribution >= 0.6 is 0 Å². The van der Waals surface area contributed by atoms with Crippen molar-refractivity contribution < 1.29 is 0 Å². The molecule has 0 amide bonds. The summed E-state index contributed by atoms with van der Waals surface area (Å²) in [5.41, 5.74) is 13.2. The third-order valence-electron chi connectivity index (χ3n) is 7.49. The summed E-state index contributed by atoms with van der Waals surface area (Å²) < 4.78 is 2.01. The molecule has 0 aromatic carbocycles. The van der Waals surface area contributed by atoms with Crippen LogP contribution in [0, 0.1) is 12.3 Å². The number of rotatable bonds is 3. The van der Waals surface area contributed by atoms with E-state index in [1.807, 2.05) is 48.4 Å². The Kier molecular flexibility index (Phi) is 4.58. The number of nitrogens with one attached hydrogen (secondary N) is 1. The van der Waals surface area contributed by atoms with Gasteiger partial charge in [0.25, 0.3) is 0 Å². The minimum Gasteiger partial charge on any atom is -0.373 e. The van der Waals surface area contributed by atoms with E-state index in [4.69, 9.17) is 10.7 Å². The zero-order chi connectivity index (χ0) is 22.6. The van der Waals surface area contributed by atoms with Crippen molar-refractivity contribution >= 4 is 17.2 Å². The van der Waals surface area contributed by atoms with Crippen LogP contribution in [0.25, 0.3) is 16.8 Å². The molecule has 1 spiro atoms. The Balaban J connectivity index is 1.32. The lowest BCUT2D eigenvalue weighted by molar-refractivity contribution is 0.187. The molecule has 0 saturated carbocycles. The molecule has 0 radical (unpaired) electrons. The van der Waals surface area contributed by atoms with Gasteiger partial charge in [0.15, 0.2) is 5.82 Å². The molecule has 0 bridgehead atoms. The van der Waals surface area contributed by atoms with Gasteiger partial charge < -0.3 is 16.0 Å². The summed E-state index contributed by atoms with van der Waals surface area (Å²) in [7, 11) is 1.87. The first-order chi connectivity index (χ1) is 16.1. The molecule has 3 N–H and O–H groups in total. The van der Waals surface area contributed by atoms with Gasteiger partial charge in [0.05, 0.1) is 17.6 Å². The van der Waals surface area contributed by atoms with Crippen LogP contribution in [0.4, 0.5) is 11.6 Å². The van der Waals surface area contributed by atoms with Gasteiger partial charge in [-0.1, -0.05) is 6.07 Å². The van der Waals surface area contributed by atoms with E-state index in [1.54, 1.807) is 0 Å². The zero-order valence-electron chi connectivity index (χ0n) is 19.0. The van der Waals surface area contributed by atoms with Crippen molar-refractivity contribution in [2.45, 2.75) is 32.2 Å². The van der Waals surface area contributed by atoms with Gasteiger partial charge in [-0.3, -0.25) is 4.98 Å². The van der Waals surface area contributed by atoms with Gasteiger partial charge in [-0.15, -0.1) is 0 Å². The van der Waals surface area contributed by atoms with Crippen LogP contribution in [0.3, 0.4) is 0 Å². The lowest BCUT2D eigenvalue weighted by atomic mass is 9.73. The number of aromatic nitrogens is 5. The highest BCUT2D eigenvalue weighted by Gasteiger charge is 2.46. The fourth-order valence-corrected chi connectivity index (χ4v) is 5.66. The summed E-state index contributed by atoms with van der Waals surface area (Å²) in [6, 6.07) is 10.3. The van der Waals surface area contributed by atoms with E-state index in [9.17, 15) is 0 Å². The maximum atomic E-state index is 6.75. The quantitative estimate of drug-likeness (QED) is 0.504. The molecule has 8 heteroatoms. The molecular formula is C25H28N8. The molecule has 168 valence electrons. The minimum absolute atomic E-state index is 0.0588. The zero-order valence-corrected chi connectivity index (χ0v) is 19.0. The number of fused-ring (bicyclic) bond motifs is 2. The van der Waals surface area contributed by atoms with Crippen molar-refractivity contribution in [2.75, 3.05) is 30.4 Å². The van der Waals surface area contributed by atoms with Crippen LogP contribution in [0.5, 0.6) is 0 Å². The molecule has 33 heavy (non-hydrogen) atoms. The molecule has 1 fully saturated rings. The molecule has 6 rings (SSSR count). The van der Waals surface area contributed by atoms with Crippen molar-refractivity contribution in [2.24, 2.45) is 11.1 Å². The van der Waals surface area contributed by atoms with E-state index in [2.05, 4.69) is 44.3 Å². The maximum Gasteiger partial charge on any atom is 0.155 e. The lowest BCUT2D eigenvalue weighted by Crippen LogP contribution is -2.44. The van der Waals surface area contributed by atoms with Gasteiger partial charge in [-0.05, 0) is 61.4 Å². The minimum atomic E-state index is 0.0588. The predicted octanol–water partition coefficient (Wildman–Crippen LogP) is 3.38. The Bertz CT molecular complexity index is 1340. The molecule has 1 saturated heterocycles. The molecule has 1 aliphatic heterocycles. The third kappa shape index (κ3) is 3.08. The number of hydrogen-bond donors (Lipinski definition) is 2. The predicted molar refractivity (Wildman–Crippen MR) is 129 cm³/mol. The van der Waals surface area contributed by atoms with Gasteiger partial charge >= 0.3 is 0 Å². The Morgan fingerprint density at radius 1 is 1.09 bits per heavy atom. The third-order valence-corrected chi connectivity index (χ3v) is 7.49. The van der Waals surface area contributed by atoms with Crippen LogP contribution in [-0.4, -0.2) is 44.7 Å². The number of nitrogens with zero attached hydrogens (tertiary/aromatic N) is 6. The Labute approximate surface area is 192 Å². The maximum absolute atomic E-state index is 6.75. The van der Waals surface area contributed by atoms with Gasteiger partial charge in [0.2, 0.25) is 0 Å². The van der Waals surface area contributed by atoms with E-state index in [-0.39, 0.29) is 11.5 Å². The molecule has 8 nitrogen and oxygen atoms in total. The van der Waals surface area contributed by atoms with E-state index >= 15 is 0 Å². The van der Waals surface area contributed by atoms with E-state index < -0.39 is 0 Å². The number of nitrogens with two attached hydrogens (primary N) is 1. The van der Waals surface area contributed by atoms with Crippen LogP contribution in [0.2, 0.25) is 0 Å². The average Bonchev–Trinajstić information content (AvgIpc) is 3.43. The van der Waals surface area contributed by atoms with E-state index in [0.29, 0.717) is 0 Å². The summed E-state index contributed by atoms with van der Waals surface area (Å²) in [5.74, 6) is 1.81. The lowest BCUT2D eigenvalue weighted by Gasteiger charge is -2.42. The van der Waals surface area contributed by atoms with Crippen molar-refractivity contribution in [3.8, 4) is 11.3 Å². The number of pyridine rings is 2. The number of anilines is 2. The van der Waals surface area contributed by atoms with Crippen LogP contribution < -0.4 is 16.0 Å². The number of piperidine rings is 1. The second-order valence-corrected chi connectivity index (χ2v) is 9.22. The summed E-state index contributed by atoms with van der Waals surface area (Å²) in [6.45, 7) is 3.90. The van der Waals surface area contributed by atoms with Gasteiger partial charge in [0.1, 0.15) is 11.3 Å². The normalized spacial score (nSPS) is 19.2. The monoisotopic (exact) mass is 440 g/mol. The smallest absolute Gasteiger partial charge is 0.155 e. The Morgan fingerprint density at radius 3 is 2.73 bits per heavy atom. The Morgan fingerprint density at radius 2 is 1.94 bits per heavy atom. The van der Waals surface area contributed by atoms with Gasteiger partial charge in [-0.25, -0.2) is 14.5 Å². The summed E-state index contributed by atoms with van der Waals surface area (Å²) in [6.07, 6.45) is 8.58. The standard InChI is InChI=1S/C25H28N8/c1-16-22(17-5-10-29-21(14-17)27-2)33-20(6-11-30-33)24(31-16)32-12-7-25(8-13-32)15-19-18(23(25)26)4-3-9-28-19/h3-6,9-11,14,23H,7-8,12-13,15,26H2,1-2H3,(H,27,29)/t23-/m1/s1. The van der Waals surface area contributed by atoms with Gasteiger partial charge in [-0.2, -0.15) is 5.10 Å².